The summed E-state index contributed by atoms with van der Waals surface area (Å²) in [5.74, 6) is 0. The van der Waals surface area contributed by atoms with E-state index in [4.69, 9.17) is 10.00 Å². The monoisotopic (exact) mass is 260 g/mol. The van der Waals surface area contributed by atoms with Crippen molar-refractivity contribution in [1.82, 2.24) is 0 Å². The van der Waals surface area contributed by atoms with Crippen LogP contribution in [0.2, 0.25) is 0 Å². The Morgan fingerprint density at radius 3 is 2.68 bits per heavy atom. The number of aryl methyl sites for hydroxylation is 2. The molecular weight excluding hydrogens is 240 g/mol. The Morgan fingerprint density at radius 2 is 2.11 bits per heavy atom. The zero-order chi connectivity index (χ0) is 14.5. The highest BCUT2D eigenvalue weighted by molar-refractivity contribution is 5.86. The van der Waals surface area contributed by atoms with Crippen LogP contribution in [0.5, 0.6) is 0 Å². The van der Waals surface area contributed by atoms with Crippen LogP contribution in [-0.4, -0.2) is 11.7 Å². The molecular formula is C15H20N2O2. The van der Waals surface area contributed by atoms with Gasteiger partial charge >= 0.3 is 6.09 Å². The molecule has 4 nitrogen and oxygen atoms in total. The number of ether oxygens (including phenoxy) is 1. The quantitative estimate of drug-likeness (QED) is 0.899. The molecule has 0 saturated carbocycles. The van der Waals surface area contributed by atoms with Gasteiger partial charge in [0.05, 0.1) is 6.07 Å². The first-order chi connectivity index (χ1) is 8.81. The highest BCUT2D eigenvalue weighted by atomic mass is 16.6. The lowest BCUT2D eigenvalue weighted by Gasteiger charge is -2.20. The number of carbonyl (C=O) groups is 1. The summed E-state index contributed by atoms with van der Waals surface area (Å²) in [5, 5.41) is 11.3. The van der Waals surface area contributed by atoms with Crippen LogP contribution < -0.4 is 5.32 Å². The van der Waals surface area contributed by atoms with Gasteiger partial charge in [0.1, 0.15) is 5.60 Å². The molecule has 1 amide bonds. The fraction of sp³-hybridized carbons (Fsp3) is 0.467. The average molecular weight is 260 g/mol. The number of carbonyl (C=O) groups excluding carboxylic acids is 1. The molecule has 0 bridgehead atoms. The van der Waals surface area contributed by atoms with Crippen molar-refractivity contribution in [2.75, 3.05) is 5.32 Å². The zero-order valence-electron chi connectivity index (χ0n) is 11.9. The summed E-state index contributed by atoms with van der Waals surface area (Å²) < 4.78 is 5.22. The van der Waals surface area contributed by atoms with Gasteiger partial charge in [-0.1, -0.05) is 12.1 Å². The molecule has 0 aliphatic heterocycles. The largest absolute Gasteiger partial charge is 0.444 e. The smallest absolute Gasteiger partial charge is 0.412 e. The number of nitrogens with one attached hydrogen (secondary N) is 1. The lowest BCUT2D eigenvalue weighted by atomic mass is 10.1. The van der Waals surface area contributed by atoms with Gasteiger partial charge in [0, 0.05) is 12.1 Å². The molecule has 0 saturated heterocycles. The summed E-state index contributed by atoms with van der Waals surface area (Å²) in [6.07, 6.45) is 0.683. The van der Waals surface area contributed by atoms with Crippen molar-refractivity contribution in [2.45, 2.75) is 46.1 Å². The highest BCUT2D eigenvalue weighted by Crippen LogP contribution is 2.19. The molecule has 0 unspecified atom stereocenters. The first-order valence-electron chi connectivity index (χ1n) is 6.28. The van der Waals surface area contributed by atoms with Gasteiger partial charge in [-0.25, -0.2) is 4.79 Å². The minimum absolute atomic E-state index is 0.465. The molecule has 0 fully saturated rings. The maximum absolute atomic E-state index is 11.7. The Hall–Kier alpha value is -2.02. The molecule has 0 aliphatic carbocycles. The number of hydrogen-bond acceptors (Lipinski definition) is 3. The fourth-order valence-electron chi connectivity index (χ4n) is 1.57. The van der Waals surface area contributed by atoms with Crippen molar-refractivity contribution >= 4 is 11.8 Å². The number of amides is 1. The summed E-state index contributed by atoms with van der Waals surface area (Å²) >= 11 is 0. The van der Waals surface area contributed by atoms with Crippen molar-refractivity contribution in [3.8, 4) is 6.07 Å². The minimum atomic E-state index is -0.517. The topological polar surface area (TPSA) is 62.1 Å². The van der Waals surface area contributed by atoms with E-state index in [0.717, 1.165) is 16.8 Å². The Kier molecular flexibility index (Phi) is 4.94. The maximum atomic E-state index is 11.7. The summed E-state index contributed by atoms with van der Waals surface area (Å²) in [4.78, 5) is 11.7. The summed E-state index contributed by atoms with van der Waals surface area (Å²) in [5.41, 5.74) is 2.20. The molecule has 1 aromatic rings. The van der Waals surface area contributed by atoms with Crippen LogP contribution in [0, 0.1) is 18.3 Å². The third-order valence-electron chi connectivity index (χ3n) is 2.46. The standard InChI is InChI=1S/C15H20N2O2/c1-11-7-8-12(6-5-9-16)10-13(11)17-14(18)19-15(2,3)4/h7-8,10H,5-6H2,1-4H3,(H,17,18). The molecule has 0 aromatic heterocycles. The Balaban J connectivity index is 2.77. The molecule has 4 heteroatoms. The number of hydrogen-bond donors (Lipinski definition) is 1. The van der Waals surface area contributed by atoms with Crippen LogP contribution in [0.1, 0.15) is 38.3 Å². The molecule has 0 spiro atoms. The van der Waals surface area contributed by atoms with Crippen LogP contribution >= 0.6 is 0 Å². The van der Waals surface area contributed by atoms with Crippen LogP contribution in [0.25, 0.3) is 0 Å². The predicted octanol–water partition coefficient (Wildman–Crippen LogP) is 3.80. The maximum Gasteiger partial charge on any atom is 0.412 e. The highest BCUT2D eigenvalue weighted by Gasteiger charge is 2.16. The van der Waals surface area contributed by atoms with Gasteiger partial charge in [-0.3, -0.25) is 5.32 Å². The average Bonchev–Trinajstić information content (AvgIpc) is 2.27. The van der Waals surface area contributed by atoms with Gasteiger partial charge in [0.2, 0.25) is 0 Å². The number of nitriles is 1. The second-order valence-corrected chi connectivity index (χ2v) is 5.43. The normalized spacial score (nSPS) is 10.7. The van der Waals surface area contributed by atoms with Gasteiger partial charge in [0.25, 0.3) is 0 Å². The molecule has 0 heterocycles. The number of nitrogens with zero attached hydrogens (tertiary/aromatic N) is 1. The van der Waals surface area contributed by atoms with E-state index in [9.17, 15) is 4.79 Å². The van der Waals surface area contributed by atoms with E-state index in [2.05, 4.69) is 11.4 Å². The Labute approximate surface area is 114 Å². The lowest BCUT2D eigenvalue weighted by molar-refractivity contribution is 0.0636. The number of anilines is 1. The lowest BCUT2D eigenvalue weighted by Crippen LogP contribution is -2.27. The molecule has 0 atom stereocenters. The van der Waals surface area contributed by atoms with Gasteiger partial charge in [0.15, 0.2) is 0 Å². The summed E-state index contributed by atoms with van der Waals surface area (Å²) in [7, 11) is 0. The Morgan fingerprint density at radius 1 is 1.42 bits per heavy atom. The van der Waals surface area contributed by atoms with Crippen LogP contribution in [0.3, 0.4) is 0 Å². The van der Waals surface area contributed by atoms with E-state index < -0.39 is 11.7 Å². The number of benzene rings is 1. The fourth-order valence-corrected chi connectivity index (χ4v) is 1.57. The first kappa shape index (κ1) is 15.0. The van der Waals surface area contributed by atoms with E-state index in [0.29, 0.717) is 12.8 Å². The third kappa shape index (κ3) is 5.43. The molecule has 1 rings (SSSR count). The molecule has 0 radical (unpaired) electrons. The predicted molar refractivity (Wildman–Crippen MR) is 75.0 cm³/mol. The van der Waals surface area contributed by atoms with Crippen molar-refractivity contribution in [3.05, 3.63) is 29.3 Å². The van der Waals surface area contributed by atoms with E-state index in [1.165, 1.54) is 0 Å². The van der Waals surface area contributed by atoms with Crippen molar-refractivity contribution in [1.29, 1.82) is 5.26 Å². The minimum Gasteiger partial charge on any atom is -0.444 e. The first-order valence-corrected chi connectivity index (χ1v) is 6.28. The molecule has 1 aromatic carbocycles. The Bertz CT molecular complexity index is 496. The molecule has 19 heavy (non-hydrogen) atoms. The second-order valence-electron chi connectivity index (χ2n) is 5.43. The molecule has 0 aliphatic rings. The second kappa shape index (κ2) is 6.24. The van der Waals surface area contributed by atoms with Gasteiger partial charge < -0.3 is 4.74 Å². The van der Waals surface area contributed by atoms with Crippen LogP contribution in [0.4, 0.5) is 10.5 Å². The molecule has 1 N–H and O–H groups in total. The third-order valence-corrected chi connectivity index (χ3v) is 2.46. The SMILES string of the molecule is Cc1ccc(CCC#N)cc1NC(=O)OC(C)(C)C. The van der Waals surface area contributed by atoms with E-state index >= 15 is 0 Å². The zero-order valence-corrected chi connectivity index (χ0v) is 11.9. The van der Waals surface area contributed by atoms with E-state index in [1.54, 1.807) is 0 Å². The van der Waals surface area contributed by atoms with Crippen LogP contribution in [-0.2, 0) is 11.2 Å². The van der Waals surface area contributed by atoms with Crippen molar-refractivity contribution in [2.24, 2.45) is 0 Å². The van der Waals surface area contributed by atoms with E-state index in [1.807, 2.05) is 45.9 Å². The van der Waals surface area contributed by atoms with Crippen molar-refractivity contribution < 1.29 is 9.53 Å². The van der Waals surface area contributed by atoms with Gasteiger partial charge in [-0.15, -0.1) is 0 Å². The van der Waals surface area contributed by atoms with Gasteiger partial charge in [-0.2, -0.15) is 5.26 Å². The van der Waals surface area contributed by atoms with Crippen LogP contribution in [0.15, 0.2) is 18.2 Å². The van der Waals surface area contributed by atoms with E-state index in [-0.39, 0.29) is 0 Å². The summed E-state index contributed by atoms with van der Waals surface area (Å²) in [6, 6.07) is 7.89. The number of rotatable bonds is 3. The summed E-state index contributed by atoms with van der Waals surface area (Å²) in [6.45, 7) is 7.38. The van der Waals surface area contributed by atoms with Crippen molar-refractivity contribution in [3.63, 3.8) is 0 Å². The molecule has 102 valence electrons. The van der Waals surface area contributed by atoms with Gasteiger partial charge in [-0.05, 0) is 51.3 Å².